The Hall–Kier alpha value is -1.79. The SMILES string of the molecule is Cc1cc(N2C[C@@H](C(F)(F)F)[C@H](C(=O)O)C2)ccn1. The fourth-order valence-corrected chi connectivity index (χ4v) is 2.32. The average Bonchev–Trinajstić information content (AvgIpc) is 2.73. The van der Waals surface area contributed by atoms with E-state index in [1.54, 1.807) is 19.1 Å². The largest absolute Gasteiger partial charge is 0.481 e. The van der Waals surface area contributed by atoms with Crippen molar-refractivity contribution in [2.75, 3.05) is 18.0 Å². The molecular weight excluding hydrogens is 261 g/mol. The number of halogens is 3. The van der Waals surface area contributed by atoms with Gasteiger partial charge in [0.25, 0.3) is 0 Å². The lowest BCUT2D eigenvalue weighted by Gasteiger charge is -2.19. The lowest BCUT2D eigenvalue weighted by atomic mass is 9.96. The van der Waals surface area contributed by atoms with E-state index >= 15 is 0 Å². The molecule has 0 unspecified atom stereocenters. The Bertz CT molecular complexity index is 490. The number of rotatable bonds is 2. The first-order chi connectivity index (χ1) is 8.79. The molecule has 1 aliphatic rings. The van der Waals surface area contributed by atoms with Gasteiger partial charge in [-0.3, -0.25) is 9.78 Å². The van der Waals surface area contributed by atoms with Gasteiger partial charge in [0, 0.05) is 30.7 Å². The van der Waals surface area contributed by atoms with Crippen molar-refractivity contribution in [2.24, 2.45) is 11.8 Å². The monoisotopic (exact) mass is 274 g/mol. The van der Waals surface area contributed by atoms with Gasteiger partial charge in [0.1, 0.15) is 0 Å². The molecule has 1 fully saturated rings. The smallest absolute Gasteiger partial charge is 0.394 e. The van der Waals surface area contributed by atoms with Gasteiger partial charge in [0.05, 0.1) is 11.8 Å². The highest BCUT2D eigenvalue weighted by Crippen LogP contribution is 2.39. The Kier molecular flexibility index (Phi) is 3.38. The van der Waals surface area contributed by atoms with Crippen LogP contribution in [-0.2, 0) is 4.79 Å². The van der Waals surface area contributed by atoms with E-state index in [0.717, 1.165) is 0 Å². The summed E-state index contributed by atoms with van der Waals surface area (Å²) in [4.78, 5) is 16.4. The molecule has 2 heterocycles. The average molecular weight is 274 g/mol. The number of hydrogen-bond donors (Lipinski definition) is 1. The van der Waals surface area contributed by atoms with Gasteiger partial charge in [-0.2, -0.15) is 13.2 Å². The van der Waals surface area contributed by atoms with Crippen molar-refractivity contribution in [3.63, 3.8) is 0 Å². The Morgan fingerprint density at radius 2 is 2.16 bits per heavy atom. The van der Waals surface area contributed by atoms with Crippen LogP contribution in [0.5, 0.6) is 0 Å². The molecule has 1 saturated heterocycles. The van der Waals surface area contributed by atoms with Crippen molar-refractivity contribution in [1.82, 2.24) is 4.98 Å². The van der Waals surface area contributed by atoms with Crippen LogP contribution in [0.15, 0.2) is 18.3 Å². The second-order valence-corrected chi connectivity index (χ2v) is 4.65. The summed E-state index contributed by atoms with van der Waals surface area (Å²) < 4.78 is 38.5. The number of carboxylic acids is 1. The van der Waals surface area contributed by atoms with Crippen LogP contribution in [0.2, 0.25) is 0 Å². The molecule has 1 N–H and O–H groups in total. The van der Waals surface area contributed by atoms with Crippen molar-refractivity contribution in [2.45, 2.75) is 13.1 Å². The van der Waals surface area contributed by atoms with Crippen LogP contribution < -0.4 is 4.90 Å². The molecule has 4 nitrogen and oxygen atoms in total. The molecule has 1 aliphatic heterocycles. The van der Waals surface area contributed by atoms with Gasteiger partial charge >= 0.3 is 12.1 Å². The zero-order chi connectivity index (χ0) is 14.2. The summed E-state index contributed by atoms with van der Waals surface area (Å²) in [6.07, 6.45) is -3.00. The predicted octanol–water partition coefficient (Wildman–Crippen LogP) is 2.09. The van der Waals surface area contributed by atoms with Crippen LogP contribution in [-0.4, -0.2) is 35.3 Å². The third-order valence-electron chi connectivity index (χ3n) is 3.30. The number of nitrogens with zero attached hydrogens (tertiary/aromatic N) is 2. The van der Waals surface area contributed by atoms with Crippen LogP contribution in [0.4, 0.5) is 18.9 Å². The molecule has 1 aromatic heterocycles. The number of pyridine rings is 1. The number of aliphatic carboxylic acids is 1. The topological polar surface area (TPSA) is 53.4 Å². The Morgan fingerprint density at radius 3 is 2.63 bits per heavy atom. The summed E-state index contributed by atoms with van der Waals surface area (Å²) >= 11 is 0. The minimum Gasteiger partial charge on any atom is -0.481 e. The first-order valence-corrected chi connectivity index (χ1v) is 5.76. The second-order valence-electron chi connectivity index (χ2n) is 4.65. The molecule has 104 valence electrons. The number of hydrogen-bond acceptors (Lipinski definition) is 3. The number of alkyl halides is 3. The quantitative estimate of drug-likeness (QED) is 0.897. The number of anilines is 1. The fraction of sp³-hybridized carbons (Fsp3) is 0.500. The van der Waals surface area contributed by atoms with E-state index in [-0.39, 0.29) is 13.1 Å². The zero-order valence-corrected chi connectivity index (χ0v) is 10.2. The summed E-state index contributed by atoms with van der Waals surface area (Å²) in [5, 5.41) is 8.93. The van der Waals surface area contributed by atoms with Crippen LogP contribution in [0.25, 0.3) is 0 Å². The fourth-order valence-electron chi connectivity index (χ4n) is 2.32. The summed E-state index contributed by atoms with van der Waals surface area (Å²) in [7, 11) is 0. The van der Waals surface area contributed by atoms with Gasteiger partial charge < -0.3 is 10.0 Å². The van der Waals surface area contributed by atoms with Gasteiger partial charge in [-0.05, 0) is 19.1 Å². The minimum atomic E-state index is -4.50. The molecule has 0 bridgehead atoms. The number of aryl methyl sites for hydroxylation is 1. The Morgan fingerprint density at radius 1 is 1.47 bits per heavy atom. The summed E-state index contributed by atoms with van der Waals surface area (Å²) in [5.41, 5.74) is 1.25. The molecule has 0 amide bonds. The first kappa shape index (κ1) is 13.6. The standard InChI is InChI=1S/C12H13F3N2O2/c1-7-4-8(2-3-16-7)17-5-9(11(18)19)10(6-17)12(13,14)15/h2-4,9-10H,5-6H2,1H3,(H,18,19)/t9-,10-/m1/s1. The van der Waals surface area contributed by atoms with E-state index in [1.165, 1.54) is 11.1 Å². The molecule has 0 saturated carbocycles. The van der Waals surface area contributed by atoms with Crippen molar-refractivity contribution < 1.29 is 23.1 Å². The van der Waals surface area contributed by atoms with Gasteiger partial charge in [0.2, 0.25) is 0 Å². The van der Waals surface area contributed by atoms with E-state index < -0.39 is 24.0 Å². The van der Waals surface area contributed by atoms with E-state index in [2.05, 4.69) is 4.98 Å². The first-order valence-electron chi connectivity index (χ1n) is 5.76. The van der Waals surface area contributed by atoms with Crippen molar-refractivity contribution in [3.05, 3.63) is 24.0 Å². The summed E-state index contributed by atoms with van der Waals surface area (Å²) in [6, 6.07) is 3.24. The highest BCUT2D eigenvalue weighted by Gasteiger charge is 2.52. The second kappa shape index (κ2) is 4.71. The molecule has 2 atom stereocenters. The number of carbonyl (C=O) groups is 1. The minimum absolute atomic E-state index is 0.136. The maximum Gasteiger partial charge on any atom is 0.394 e. The third-order valence-corrected chi connectivity index (χ3v) is 3.30. The van der Waals surface area contributed by atoms with Crippen LogP contribution in [0, 0.1) is 18.8 Å². The lowest BCUT2D eigenvalue weighted by Crippen LogP contribution is -2.33. The zero-order valence-electron chi connectivity index (χ0n) is 10.2. The molecular formula is C12H13F3N2O2. The molecule has 1 aromatic rings. The normalized spacial score (nSPS) is 23.7. The maximum absolute atomic E-state index is 12.8. The van der Waals surface area contributed by atoms with Gasteiger partial charge in [0.15, 0.2) is 0 Å². The Labute approximate surface area is 107 Å². The van der Waals surface area contributed by atoms with Gasteiger partial charge in [-0.25, -0.2) is 0 Å². The van der Waals surface area contributed by atoms with Crippen LogP contribution in [0.1, 0.15) is 5.69 Å². The maximum atomic E-state index is 12.8. The molecule has 7 heteroatoms. The van der Waals surface area contributed by atoms with Crippen molar-refractivity contribution >= 4 is 11.7 Å². The predicted molar refractivity (Wildman–Crippen MR) is 61.9 cm³/mol. The number of aromatic nitrogens is 1. The van der Waals surface area contributed by atoms with E-state index in [1.807, 2.05) is 0 Å². The molecule has 0 radical (unpaired) electrons. The molecule has 19 heavy (non-hydrogen) atoms. The molecule has 0 spiro atoms. The summed E-state index contributed by atoms with van der Waals surface area (Å²) in [5.74, 6) is -4.66. The van der Waals surface area contributed by atoms with E-state index in [9.17, 15) is 18.0 Å². The molecule has 0 aliphatic carbocycles. The van der Waals surface area contributed by atoms with Gasteiger partial charge in [-0.1, -0.05) is 0 Å². The number of carboxylic acid groups (broad SMARTS) is 1. The lowest BCUT2D eigenvalue weighted by molar-refractivity contribution is -0.187. The third kappa shape index (κ3) is 2.80. The van der Waals surface area contributed by atoms with Crippen molar-refractivity contribution in [3.8, 4) is 0 Å². The molecule has 2 rings (SSSR count). The highest BCUT2D eigenvalue weighted by molar-refractivity contribution is 5.73. The Balaban J connectivity index is 2.25. The molecule has 0 aromatic carbocycles. The van der Waals surface area contributed by atoms with Crippen molar-refractivity contribution in [1.29, 1.82) is 0 Å². The van der Waals surface area contributed by atoms with Crippen LogP contribution >= 0.6 is 0 Å². The highest BCUT2D eigenvalue weighted by atomic mass is 19.4. The van der Waals surface area contributed by atoms with Crippen LogP contribution in [0.3, 0.4) is 0 Å². The summed E-state index contributed by atoms with van der Waals surface area (Å²) in [6.45, 7) is 1.27. The van der Waals surface area contributed by atoms with Gasteiger partial charge in [-0.15, -0.1) is 0 Å². The van der Waals surface area contributed by atoms with E-state index in [4.69, 9.17) is 5.11 Å². The van der Waals surface area contributed by atoms with E-state index in [0.29, 0.717) is 11.4 Å².